The van der Waals surface area contributed by atoms with Gasteiger partial charge in [0.15, 0.2) is 0 Å². The van der Waals surface area contributed by atoms with Crippen molar-refractivity contribution < 1.29 is 14.3 Å². The van der Waals surface area contributed by atoms with Crippen molar-refractivity contribution in [2.75, 3.05) is 11.9 Å². The Hall–Kier alpha value is -2.34. The van der Waals surface area contributed by atoms with Crippen LogP contribution in [0.4, 0.5) is 5.00 Å². The average Bonchev–Trinajstić information content (AvgIpc) is 2.99. The molecule has 0 fully saturated rings. The van der Waals surface area contributed by atoms with Crippen LogP contribution in [0, 0.1) is 5.92 Å². The third-order valence-corrected chi connectivity index (χ3v) is 6.02. The van der Waals surface area contributed by atoms with Crippen molar-refractivity contribution in [3.8, 4) is 5.75 Å². The van der Waals surface area contributed by atoms with E-state index in [9.17, 15) is 9.59 Å². The predicted molar refractivity (Wildman–Crippen MR) is 104 cm³/mol. The highest BCUT2D eigenvalue weighted by Gasteiger charge is 2.28. The highest BCUT2D eigenvalue weighted by Crippen LogP contribution is 2.40. The van der Waals surface area contributed by atoms with E-state index < -0.39 is 5.91 Å². The molecule has 5 nitrogen and oxygen atoms in total. The summed E-state index contributed by atoms with van der Waals surface area (Å²) in [6.45, 7) is 4.67. The summed E-state index contributed by atoms with van der Waals surface area (Å²) in [7, 11) is 0. The summed E-state index contributed by atoms with van der Waals surface area (Å²) in [5, 5.41) is 3.46. The Balaban J connectivity index is 1.84. The van der Waals surface area contributed by atoms with Crippen LogP contribution in [0.25, 0.3) is 0 Å². The van der Waals surface area contributed by atoms with Crippen LogP contribution in [0.1, 0.15) is 57.8 Å². The van der Waals surface area contributed by atoms with E-state index in [1.165, 1.54) is 16.2 Å². The molecule has 3 rings (SSSR count). The molecule has 1 aromatic heterocycles. The topological polar surface area (TPSA) is 81.4 Å². The highest BCUT2D eigenvalue weighted by molar-refractivity contribution is 7.17. The van der Waals surface area contributed by atoms with Crippen LogP contribution < -0.4 is 15.8 Å². The van der Waals surface area contributed by atoms with Crippen LogP contribution in [0.15, 0.2) is 24.3 Å². The van der Waals surface area contributed by atoms with Gasteiger partial charge in [-0.1, -0.05) is 13.3 Å². The smallest absolute Gasteiger partial charge is 0.256 e. The third kappa shape index (κ3) is 3.75. The first-order valence-electron chi connectivity index (χ1n) is 9.02. The summed E-state index contributed by atoms with van der Waals surface area (Å²) in [4.78, 5) is 25.8. The Morgan fingerprint density at radius 1 is 1.27 bits per heavy atom. The Morgan fingerprint density at radius 2 is 2.00 bits per heavy atom. The monoisotopic (exact) mass is 372 g/mol. The summed E-state index contributed by atoms with van der Waals surface area (Å²) in [6, 6.07) is 6.95. The van der Waals surface area contributed by atoms with E-state index in [2.05, 4.69) is 12.2 Å². The van der Waals surface area contributed by atoms with Crippen molar-refractivity contribution in [3.63, 3.8) is 0 Å². The van der Waals surface area contributed by atoms with Gasteiger partial charge in [-0.3, -0.25) is 9.59 Å². The van der Waals surface area contributed by atoms with Gasteiger partial charge in [0.2, 0.25) is 0 Å². The van der Waals surface area contributed by atoms with Gasteiger partial charge >= 0.3 is 0 Å². The first-order valence-corrected chi connectivity index (χ1v) is 9.83. The van der Waals surface area contributed by atoms with Crippen molar-refractivity contribution in [2.45, 2.75) is 39.5 Å². The minimum atomic E-state index is -0.473. The molecule has 1 aromatic carbocycles. The zero-order valence-corrected chi connectivity index (χ0v) is 15.9. The van der Waals surface area contributed by atoms with E-state index in [-0.39, 0.29) is 5.91 Å². The molecule has 0 spiro atoms. The van der Waals surface area contributed by atoms with E-state index in [4.69, 9.17) is 10.5 Å². The third-order valence-electron chi connectivity index (χ3n) is 4.85. The number of anilines is 1. The number of hydrogen-bond donors (Lipinski definition) is 2. The van der Waals surface area contributed by atoms with Gasteiger partial charge in [0.05, 0.1) is 12.2 Å². The molecule has 0 aliphatic heterocycles. The molecule has 1 aliphatic rings. The van der Waals surface area contributed by atoms with Crippen molar-refractivity contribution in [2.24, 2.45) is 11.7 Å². The van der Waals surface area contributed by atoms with Crippen molar-refractivity contribution in [3.05, 3.63) is 45.8 Å². The lowest BCUT2D eigenvalue weighted by atomic mass is 9.85. The van der Waals surface area contributed by atoms with Crippen LogP contribution in [0.2, 0.25) is 0 Å². The molecule has 1 atom stereocenters. The van der Waals surface area contributed by atoms with Crippen molar-refractivity contribution in [1.82, 2.24) is 0 Å². The predicted octanol–water partition coefficient (Wildman–Crippen LogP) is 4.01. The van der Waals surface area contributed by atoms with E-state index in [0.29, 0.717) is 28.7 Å². The molecular weight excluding hydrogens is 348 g/mol. The maximum atomic E-state index is 12.6. The van der Waals surface area contributed by atoms with Crippen LogP contribution in [-0.2, 0) is 12.8 Å². The molecule has 1 aliphatic carbocycles. The molecule has 138 valence electrons. The highest BCUT2D eigenvalue weighted by atomic mass is 32.1. The van der Waals surface area contributed by atoms with Gasteiger partial charge in [-0.05, 0) is 61.9 Å². The van der Waals surface area contributed by atoms with Crippen LogP contribution in [0.3, 0.4) is 0 Å². The Morgan fingerprint density at radius 3 is 2.62 bits per heavy atom. The van der Waals surface area contributed by atoms with E-state index in [1.807, 2.05) is 6.92 Å². The molecule has 0 radical (unpaired) electrons. The molecule has 26 heavy (non-hydrogen) atoms. The number of rotatable bonds is 6. The number of carbonyl (C=O) groups excluding carboxylic acids is 2. The molecule has 3 N–H and O–H groups in total. The number of fused-ring (bicyclic) bond motifs is 1. The minimum absolute atomic E-state index is 0.249. The zero-order chi connectivity index (χ0) is 18.7. The number of ether oxygens (including phenoxy) is 1. The molecule has 0 unspecified atom stereocenters. The minimum Gasteiger partial charge on any atom is -0.494 e. The lowest BCUT2D eigenvalue weighted by molar-refractivity contribution is 0.1000. The Bertz CT molecular complexity index is 811. The molecule has 1 heterocycles. The number of carbonyl (C=O) groups is 2. The lowest BCUT2D eigenvalue weighted by Gasteiger charge is -2.20. The number of primary amides is 1. The van der Waals surface area contributed by atoms with Gasteiger partial charge in [-0.2, -0.15) is 0 Å². The van der Waals surface area contributed by atoms with Gasteiger partial charge in [-0.25, -0.2) is 0 Å². The summed E-state index contributed by atoms with van der Waals surface area (Å²) < 4.78 is 5.39. The molecule has 0 saturated carbocycles. The molecular formula is C20H24N2O3S. The number of nitrogens with two attached hydrogens (primary N) is 1. The average molecular weight is 372 g/mol. The molecule has 2 amide bonds. The van der Waals surface area contributed by atoms with Gasteiger partial charge in [0.25, 0.3) is 11.8 Å². The summed E-state index contributed by atoms with van der Waals surface area (Å²) in [5.74, 6) is 0.635. The van der Waals surface area contributed by atoms with E-state index >= 15 is 0 Å². The quantitative estimate of drug-likeness (QED) is 0.804. The molecule has 0 saturated heterocycles. The lowest BCUT2D eigenvalue weighted by Crippen LogP contribution is -2.19. The van der Waals surface area contributed by atoms with Gasteiger partial charge in [0.1, 0.15) is 10.8 Å². The molecule has 2 aromatic rings. The standard InChI is InChI=1S/C20H24N2O3S/c1-3-12-5-10-15-16(11-12)26-20(17(15)18(21)23)22-19(24)13-6-8-14(9-7-13)25-4-2/h6-9,12H,3-5,10-11H2,1-2H3,(H2,21,23)(H,22,24)/t12-/m0/s1. The fraction of sp³-hybridized carbons (Fsp3) is 0.400. The summed E-state index contributed by atoms with van der Waals surface area (Å²) in [6.07, 6.45) is 3.99. The normalized spacial score (nSPS) is 16.0. The number of nitrogens with one attached hydrogen (secondary N) is 1. The first-order chi connectivity index (χ1) is 12.5. The number of hydrogen-bond acceptors (Lipinski definition) is 4. The Labute approximate surface area is 157 Å². The van der Waals surface area contributed by atoms with Gasteiger partial charge in [0, 0.05) is 10.4 Å². The van der Waals surface area contributed by atoms with Crippen LogP contribution >= 0.6 is 11.3 Å². The Kier molecular flexibility index (Phi) is 5.61. The SMILES string of the molecule is CCOc1ccc(C(=O)Nc2sc3c(c2C(N)=O)CC[C@H](CC)C3)cc1. The van der Waals surface area contributed by atoms with Gasteiger partial charge in [-0.15, -0.1) is 11.3 Å². The maximum absolute atomic E-state index is 12.6. The number of amides is 2. The molecule has 6 heteroatoms. The second-order valence-corrected chi connectivity index (χ2v) is 7.61. The number of benzene rings is 1. The van der Waals surface area contributed by atoms with Crippen molar-refractivity contribution in [1.29, 1.82) is 0 Å². The largest absolute Gasteiger partial charge is 0.494 e. The van der Waals surface area contributed by atoms with E-state index in [0.717, 1.165) is 37.0 Å². The first kappa shape index (κ1) is 18.5. The molecule has 0 bridgehead atoms. The second-order valence-electron chi connectivity index (χ2n) is 6.50. The van der Waals surface area contributed by atoms with Crippen molar-refractivity contribution >= 4 is 28.2 Å². The second kappa shape index (κ2) is 7.91. The van der Waals surface area contributed by atoms with E-state index in [1.54, 1.807) is 24.3 Å². The maximum Gasteiger partial charge on any atom is 0.256 e. The fourth-order valence-electron chi connectivity index (χ4n) is 3.40. The number of thiophene rings is 1. The summed E-state index contributed by atoms with van der Waals surface area (Å²) in [5.41, 5.74) is 7.64. The van der Waals surface area contributed by atoms with Gasteiger partial charge < -0.3 is 15.8 Å². The summed E-state index contributed by atoms with van der Waals surface area (Å²) >= 11 is 1.49. The van der Waals surface area contributed by atoms with Crippen LogP contribution in [-0.4, -0.2) is 18.4 Å². The zero-order valence-electron chi connectivity index (χ0n) is 15.1. The van der Waals surface area contributed by atoms with Crippen LogP contribution in [0.5, 0.6) is 5.75 Å². The fourth-order valence-corrected chi connectivity index (χ4v) is 4.76.